The van der Waals surface area contributed by atoms with Crippen molar-refractivity contribution < 1.29 is 36.7 Å². The lowest BCUT2D eigenvalue weighted by Gasteiger charge is -2.02. The molecule has 250 valence electrons. The second-order valence-electron chi connectivity index (χ2n) is 12.3. The Hall–Kier alpha value is -6.32. The van der Waals surface area contributed by atoms with Crippen molar-refractivity contribution in [2.75, 3.05) is 0 Å². The van der Waals surface area contributed by atoms with Crippen LogP contribution in [0.3, 0.4) is 0 Å². The monoisotopic (exact) mass is 731 g/mol. The van der Waals surface area contributed by atoms with Crippen LogP contribution in [0, 0.1) is 23.3 Å². The maximum atomic E-state index is 13.9. The number of carbonyl (C=O) groups excluding carboxylic acids is 4. The molecule has 0 unspecified atom stereocenters. The van der Waals surface area contributed by atoms with Gasteiger partial charge in [-0.15, -0.1) is 22.7 Å². The lowest BCUT2D eigenvalue weighted by atomic mass is 10.0. The van der Waals surface area contributed by atoms with Crippen LogP contribution in [0.5, 0.6) is 0 Å². The first-order valence-corrected chi connectivity index (χ1v) is 17.0. The predicted octanol–water partition coefficient (Wildman–Crippen LogP) is 7.98. The number of fused-ring (bicyclic) bond motifs is 10. The molecule has 3 heterocycles. The summed E-state index contributed by atoms with van der Waals surface area (Å²) in [7, 11) is 1.62. The first-order chi connectivity index (χ1) is 24.9. The van der Waals surface area contributed by atoms with E-state index in [2.05, 4.69) is 10.2 Å². The lowest BCUT2D eigenvalue weighted by molar-refractivity contribution is 0.0975. The SMILES string of the molecule is Cn1nc2c(n1)c1nc(C=C3C(=O)c4cc5cc(F)c(F)cc5cc4C3=O)sc1c1sc(C=C3C(=O)c4cc5cc(F)c(F)cc5cc4C3=O)nc21. The van der Waals surface area contributed by atoms with E-state index >= 15 is 0 Å². The Balaban J connectivity index is 1.09. The molecule has 0 bridgehead atoms. The molecule has 3 aromatic heterocycles. The van der Waals surface area contributed by atoms with Crippen LogP contribution in [0.2, 0.25) is 0 Å². The van der Waals surface area contributed by atoms with Gasteiger partial charge in [0.2, 0.25) is 0 Å². The number of thiazole rings is 2. The number of hydrogen-bond donors (Lipinski definition) is 0. The quantitative estimate of drug-likeness (QED) is 0.0996. The molecule has 2 aliphatic carbocycles. The molecule has 0 saturated heterocycles. The number of ketones is 4. The normalized spacial score (nSPS) is 14.3. The van der Waals surface area contributed by atoms with Crippen LogP contribution in [0.25, 0.3) is 65.2 Å². The maximum Gasteiger partial charge on any atom is 0.197 e. The molecule has 10 rings (SSSR count). The third-order valence-electron chi connectivity index (χ3n) is 9.18. The highest BCUT2D eigenvalue weighted by atomic mass is 32.1. The van der Waals surface area contributed by atoms with E-state index in [-0.39, 0.29) is 54.9 Å². The van der Waals surface area contributed by atoms with Gasteiger partial charge < -0.3 is 0 Å². The van der Waals surface area contributed by atoms with Gasteiger partial charge in [0.25, 0.3) is 0 Å². The number of allylic oxidation sites excluding steroid dienone is 2. The Kier molecular flexibility index (Phi) is 6.08. The van der Waals surface area contributed by atoms with E-state index in [9.17, 15) is 36.7 Å². The summed E-state index contributed by atoms with van der Waals surface area (Å²) in [6, 6.07) is 9.35. The van der Waals surface area contributed by atoms with Gasteiger partial charge in [-0.2, -0.15) is 15.0 Å². The largest absolute Gasteiger partial charge is 0.288 e. The van der Waals surface area contributed by atoms with E-state index in [1.54, 1.807) is 7.05 Å². The molecule has 5 aromatic carbocycles. The highest BCUT2D eigenvalue weighted by Gasteiger charge is 2.36. The Morgan fingerprint density at radius 1 is 0.500 bits per heavy atom. The zero-order chi connectivity index (χ0) is 35.9. The van der Waals surface area contributed by atoms with Gasteiger partial charge in [-0.25, -0.2) is 27.5 Å². The van der Waals surface area contributed by atoms with Gasteiger partial charge in [0.1, 0.15) is 32.1 Å². The Bertz CT molecular complexity index is 2840. The maximum absolute atomic E-state index is 13.9. The summed E-state index contributed by atoms with van der Waals surface area (Å²) in [4.78, 5) is 64.5. The van der Waals surface area contributed by atoms with Crippen LogP contribution in [-0.4, -0.2) is 48.1 Å². The molecule has 0 saturated carbocycles. The summed E-state index contributed by atoms with van der Waals surface area (Å²) >= 11 is 2.33. The third-order valence-corrected chi connectivity index (χ3v) is 11.3. The van der Waals surface area contributed by atoms with Crippen LogP contribution < -0.4 is 0 Å². The molecular formula is C37H13F4N5O4S2. The molecule has 52 heavy (non-hydrogen) atoms. The van der Waals surface area contributed by atoms with Crippen molar-refractivity contribution in [3.63, 3.8) is 0 Å². The number of nitrogens with zero attached hydrogens (tertiary/aromatic N) is 5. The molecule has 8 aromatic rings. The molecule has 0 N–H and O–H groups in total. The lowest BCUT2D eigenvalue weighted by Crippen LogP contribution is -2.00. The summed E-state index contributed by atoms with van der Waals surface area (Å²) in [6.07, 6.45) is 2.74. The minimum Gasteiger partial charge on any atom is -0.288 e. The summed E-state index contributed by atoms with van der Waals surface area (Å²) in [5, 5.41) is 10.6. The van der Waals surface area contributed by atoms with Crippen molar-refractivity contribution in [2.24, 2.45) is 7.05 Å². The zero-order valence-electron chi connectivity index (χ0n) is 26.0. The molecule has 0 atom stereocenters. The Morgan fingerprint density at radius 2 is 0.808 bits per heavy atom. The van der Waals surface area contributed by atoms with E-state index in [1.807, 2.05) is 0 Å². The zero-order valence-corrected chi connectivity index (χ0v) is 27.6. The van der Waals surface area contributed by atoms with Crippen molar-refractivity contribution in [3.8, 4) is 0 Å². The van der Waals surface area contributed by atoms with E-state index in [4.69, 9.17) is 9.97 Å². The number of benzene rings is 5. The topological polar surface area (TPSA) is 125 Å². The summed E-state index contributed by atoms with van der Waals surface area (Å²) in [5.41, 5.74) is 1.59. The minimum absolute atomic E-state index is 0.0697. The molecule has 9 nitrogen and oxygen atoms in total. The molecule has 0 spiro atoms. The fourth-order valence-corrected chi connectivity index (χ4v) is 8.94. The van der Waals surface area contributed by atoms with E-state index in [0.29, 0.717) is 41.5 Å². The van der Waals surface area contributed by atoms with E-state index in [1.165, 1.54) is 41.2 Å². The second-order valence-corrected chi connectivity index (χ2v) is 14.4. The molecule has 2 aliphatic rings. The number of Topliss-reactive ketones (excluding diaryl/α,β-unsaturated/α-hetero) is 4. The summed E-state index contributed by atoms with van der Waals surface area (Å²) in [6.45, 7) is 0. The number of halogens is 4. The number of hydrogen-bond acceptors (Lipinski definition) is 10. The van der Waals surface area contributed by atoms with Crippen molar-refractivity contribution >= 4 is 111 Å². The van der Waals surface area contributed by atoms with Gasteiger partial charge in [-0.1, -0.05) is 0 Å². The number of aromatic nitrogens is 5. The molecule has 0 amide bonds. The molecule has 15 heteroatoms. The average molecular weight is 732 g/mol. The standard InChI is InChI=1S/C37H13F4N5O4S2/c1-46-44-28-29(45-46)31-37(52-27(43-31)11-21-34(49)18-4-14-8-24(40)25(41)9-15(14)5-19(18)35(21)50)36-30(28)42-26(51-36)10-20-32(47)16-2-12-6-22(38)23(39)7-13(12)3-17(16)33(20)48/h2-11H,1H3. The van der Waals surface area contributed by atoms with Gasteiger partial charge in [-0.05, 0) is 82.2 Å². The Labute approximate surface area is 294 Å². The van der Waals surface area contributed by atoms with Crippen LogP contribution in [-0.2, 0) is 7.05 Å². The van der Waals surface area contributed by atoms with Gasteiger partial charge in [0.05, 0.1) is 20.5 Å². The summed E-state index contributed by atoms with van der Waals surface area (Å²) in [5.74, 6) is -6.62. The second kappa shape index (κ2) is 10.4. The predicted molar refractivity (Wildman–Crippen MR) is 186 cm³/mol. The highest BCUT2D eigenvalue weighted by Crippen LogP contribution is 2.42. The minimum atomic E-state index is -1.07. The van der Waals surface area contributed by atoms with E-state index < -0.39 is 46.4 Å². The number of carbonyl (C=O) groups is 4. The van der Waals surface area contributed by atoms with E-state index in [0.717, 1.165) is 46.9 Å². The molecule has 0 aliphatic heterocycles. The van der Waals surface area contributed by atoms with Crippen molar-refractivity contribution in [1.82, 2.24) is 25.0 Å². The average Bonchev–Trinajstić information content (AvgIpc) is 3.91. The first kappa shape index (κ1) is 30.5. The molecular weight excluding hydrogens is 719 g/mol. The molecule has 0 radical (unpaired) electrons. The highest BCUT2D eigenvalue weighted by molar-refractivity contribution is 7.27. The fraction of sp³-hybridized carbons (Fsp3) is 0.0270. The van der Waals surface area contributed by atoms with Crippen LogP contribution in [0.1, 0.15) is 51.4 Å². The Morgan fingerprint density at radius 3 is 1.12 bits per heavy atom. The number of aryl methyl sites for hydroxylation is 1. The molecule has 0 fully saturated rings. The third kappa shape index (κ3) is 4.20. The van der Waals surface area contributed by atoms with Crippen molar-refractivity contribution in [2.45, 2.75) is 0 Å². The van der Waals surface area contributed by atoms with Gasteiger partial charge in [-0.3, -0.25) is 19.2 Å². The summed E-state index contributed by atoms with van der Waals surface area (Å²) < 4.78 is 56.9. The van der Waals surface area contributed by atoms with Crippen LogP contribution in [0.15, 0.2) is 59.7 Å². The van der Waals surface area contributed by atoms with Gasteiger partial charge >= 0.3 is 0 Å². The van der Waals surface area contributed by atoms with Crippen molar-refractivity contribution in [1.29, 1.82) is 0 Å². The fourth-order valence-electron chi connectivity index (χ4n) is 6.79. The first-order valence-electron chi connectivity index (χ1n) is 15.4. The number of rotatable bonds is 2. The van der Waals surface area contributed by atoms with Gasteiger partial charge in [0, 0.05) is 29.3 Å². The van der Waals surface area contributed by atoms with Gasteiger partial charge in [0.15, 0.2) is 46.4 Å². The van der Waals surface area contributed by atoms with Crippen molar-refractivity contribution in [3.05, 3.63) is 115 Å². The van der Waals surface area contributed by atoms with Crippen LogP contribution >= 0.6 is 22.7 Å². The smallest absolute Gasteiger partial charge is 0.197 e. The van der Waals surface area contributed by atoms with Crippen LogP contribution in [0.4, 0.5) is 17.6 Å².